The van der Waals surface area contributed by atoms with Gasteiger partial charge < -0.3 is 4.72 Å². The van der Waals surface area contributed by atoms with E-state index in [-0.39, 0.29) is 25.3 Å². The molecule has 0 N–H and O–H groups in total. The van der Waals surface area contributed by atoms with Gasteiger partial charge in [0.2, 0.25) is 0 Å². The predicted octanol–water partition coefficient (Wildman–Crippen LogP) is -0.544. The molecule has 0 aliphatic rings. The van der Waals surface area contributed by atoms with E-state index in [0.29, 0.717) is 0 Å². The molecule has 3 nitrogen and oxygen atoms in total. The average molecular weight is 259 g/mol. The van der Waals surface area contributed by atoms with Gasteiger partial charge in [-0.1, -0.05) is 30.3 Å². The number of halogens is 3. The molecule has 90 valence electrons. The van der Waals surface area contributed by atoms with Crippen LogP contribution in [0.25, 0.3) is 4.72 Å². The van der Waals surface area contributed by atoms with E-state index in [1.807, 2.05) is 0 Å². The Balaban J connectivity index is 0.00000256. The van der Waals surface area contributed by atoms with E-state index in [9.17, 15) is 21.6 Å². The van der Waals surface area contributed by atoms with Gasteiger partial charge in [0.15, 0.2) is 10.0 Å². The number of rotatable bonds is 4. The van der Waals surface area contributed by atoms with E-state index >= 15 is 0 Å². The minimum absolute atomic E-state index is 0. The minimum atomic E-state index is -5.34. The van der Waals surface area contributed by atoms with Crippen LogP contribution in [0.4, 0.5) is 13.2 Å². The first-order valence-corrected chi connectivity index (χ1v) is 5.81. The summed E-state index contributed by atoms with van der Waals surface area (Å²) >= 11 is 0. The van der Waals surface area contributed by atoms with Gasteiger partial charge in [-0.25, -0.2) is 8.42 Å². The first-order valence-electron chi connectivity index (χ1n) is 4.37. The molecule has 0 amide bonds. The Bertz CT molecular complexity index is 433. The molecule has 1 aromatic rings. The van der Waals surface area contributed by atoms with Gasteiger partial charge in [-0.2, -0.15) is 13.2 Å². The van der Waals surface area contributed by atoms with Crippen molar-refractivity contribution >= 4 is 10.0 Å². The van der Waals surface area contributed by atoms with Gasteiger partial charge in [0, 0.05) is 0 Å². The summed E-state index contributed by atoms with van der Waals surface area (Å²) in [4.78, 5) is 0. The number of alkyl halides is 3. The van der Waals surface area contributed by atoms with E-state index in [0.717, 1.165) is 5.56 Å². The Labute approximate surface area is 110 Å². The first-order chi connectivity index (χ1) is 7.33. The van der Waals surface area contributed by atoms with Crippen molar-refractivity contribution in [1.29, 1.82) is 0 Å². The van der Waals surface area contributed by atoms with E-state index in [1.54, 1.807) is 30.3 Å². The summed E-state index contributed by atoms with van der Waals surface area (Å²) in [7, 11) is -5.34. The van der Waals surface area contributed by atoms with Crippen LogP contribution in [-0.2, 0) is 16.4 Å². The fraction of sp³-hybridized carbons (Fsp3) is 0.333. The first kappa shape index (κ1) is 16.5. The number of hydrogen-bond acceptors (Lipinski definition) is 2. The van der Waals surface area contributed by atoms with Crippen LogP contribution in [-0.4, -0.2) is 20.5 Å². The van der Waals surface area contributed by atoms with Crippen LogP contribution < -0.4 is 18.9 Å². The second-order valence-electron chi connectivity index (χ2n) is 3.01. The molecule has 17 heavy (non-hydrogen) atoms. The van der Waals surface area contributed by atoms with E-state index in [4.69, 9.17) is 0 Å². The van der Waals surface area contributed by atoms with Crippen LogP contribution in [0.1, 0.15) is 5.56 Å². The third-order valence-electron chi connectivity index (χ3n) is 1.80. The summed E-state index contributed by atoms with van der Waals surface area (Å²) in [5, 5.41) is 0. The molecule has 1 rings (SSSR count). The molecule has 0 atom stereocenters. The van der Waals surface area contributed by atoms with E-state index in [1.165, 1.54) is 0 Å². The standard InChI is InChI=1S/C9H9F3NO2S.Li/c10-9(11,12)16(14,15)13-7-6-8-4-2-1-3-5-8;/h1-5H,6-7H2;/q-1;+1. The molecular weight excluding hydrogens is 250 g/mol. The van der Waals surface area contributed by atoms with E-state index in [2.05, 4.69) is 4.72 Å². The average Bonchev–Trinajstić information content (AvgIpc) is 2.17. The molecule has 0 bridgehead atoms. The SMILES string of the molecule is O=S(=O)([N-]CCc1ccccc1)C(F)(F)F.[Li+]. The smallest absolute Gasteiger partial charge is 0.541 e. The van der Waals surface area contributed by atoms with Gasteiger partial charge in [0.05, 0.1) is 0 Å². The summed E-state index contributed by atoms with van der Waals surface area (Å²) in [6, 6.07) is 8.57. The Morgan fingerprint density at radius 2 is 1.65 bits per heavy atom. The van der Waals surface area contributed by atoms with E-state index < -0.39 is 22.1 Å². The maximum atomic E-state index is 11.9. The van der Waals surface area contributed by atoms with Crippen molar-refractivity contribution in [2.45, 2.75) is 11.9 Å². The van der Waals surface area contributed by atoms with Gasteiger partial charge in [-0.15, -0.1) is 6.54 Å². The van der Waals surface area contributed by atoms with Crippen LogP contribution in [0.2, 0.25) is 0 Å². The Hall–Kier alpha value is -0.483. The predicted molar refractivity (Wildman–Crippen MR) is 53.3 cm³/mol. The van der Waals surface area contributed by atoms with Crippen LogP contribution >= 0.6 is 0 Å². The second-order valence-corrected chi connectivity index (χ2v) is 4.68. The fourth-order valence-corrected chi connectivity index (χ4v) is 1.49. The van der Waals surface area contributed by atoms with Gasteiger partial charge in [0.1, 0.15) is 0 Å². The molecule has 0 saturated heterocycles. The molecule has 0 heterocycles. The molecule has 8 heteroatoms. The van der Waals surface area contributed by atoms with Crippen molar-refractivity contribution in [3.63, 3.8) is 0 Å². The Kier molecular flexibility index (Phi) is 6.27. The number of sulfonamides is 1. The third kappa shape index (κ3) is 5.13. The van der Waals surface area contributed by atoms with Gasteiger partial charge in [-0.3, -0.25) is 0 Å². The Morgan fingerprint density at radius 1 is 1.12 bits per heavy atom. The zero-order valence-corrected chi connectivity index (χ0v) is 9.92. The zero-order valence-electron chi connectivity index (χ0n) is 9.11. The molecular formula is C9H9F3LiNO2S. The molecule has 1 aromatic carbocycles. The molecule has 0 saturated carbocycles. The molecule has 0 radical (unpaired) electrons. The van der Waals surface area contributed by atoms with Gasteiger partial charge >= 0.3 is 24.4 Å². The summed E-state index contributed by atoms with van der Waals surface area (Å²) in [5.41, 5.74) is -4.56. The van der Waals surface area contributed by atoms with Crippen molar-refractivity contribution in [3.05, 3.63) is 40.6 Å². The van der Waals surface area contributed by atoms with Crippen molar-refractivity contribution < 1.29 is 40.4 Å². The van der Waals surface area contributed by atoms with Crippen molar-refractivity contribution in [1.82, 2.24) is 0 Å². The maximum absolute atomic E-state index is 11.9. The van der Waals surface area contributed by atoms with Crippen LogP contribution in [0, 0.1) is 0 Å². The fourth-order valence-electron chi connectivity index (χ4n) is 1.01. The minimum Gasteiger partial charge on any atom is -0.541 e. The molecule has 0 aliphatic carbocycles. The molecule has 0 aromatic heterocycles. The summed E-state index contributed by atoms with van der Waals surface area (Å²) in [5.74, 6) is 0. The molecule has 0 fully saturated rings. The van der Waals surface area contributed by atoms with Crippen LogP contribution in [0.3, 0.4) is 0 Å². The largest absolute Gasteiger partial charge is 1.00 e. The van der Waals surface area contributed by atoms with Gasteiger partial charge in [0.25, 0.3) is 0 Å². The molecule has 0 spiro atoms. The van der Waals surface area contributed by atoms with Crippen molar-refractivity contribution in [2.75, 3.05) is 6.54 Å². The van der Waals surface area contributed by atoms with Crippen LogP contribution in [0.15, 0.2) is 30.3 Å². The van der Waals surface area contributed by atoms with Crippen LogP contribution in [0.5, 0.6) is 0 Å². The monoisotopic (exact) mass is 259 g/mol. The maximum Gasteiger partial charge on any atom is 1.00 e. The summed E-state index contributed by atoms with van der Waals surface area (Å²) in [6.07, 6.45) is 0.163. The third-order valence-corrected chi connectivity index (χ3v) is 2.90. The van der Waals surface area contributed by atoms with Gasteiger partial charge in [-0.05, 0) is 12.0 Å². The Morgan fingerprint density at radius 3 is 2.12 bits per heavy atom. The molecule has 0 unspecified atom stereocenters. The second kappa shape index (κ2) is 6.45. The molecule has 0 aliphatic heterocycles. The number of benzene rings is 1. The van der Waals surface area contributed by atoms with Crippen molar-refractivity contribution in [2.24, 2.45) is 0 Å². The normalized spacial score (nSPS) is 11.9. The quantitative estimate of drug-likeness (QED) is 0.682. The topological polar surface area (TPSA) is 48.2 Å². The number of hydrogen-bond donors (Lipinski definition) is 0. The summed E-state index contributed by atoms with van der Waals surface area (Å²) < 4.78 is 59.4. The summed E-state index contributed by atoms with van der Waals surface area (Å²) in [6.45, 7) is -0.397. The number of nitrogens with zero attached hydrogens (tertiary/aromatic N) is 1. The zero-order chi connectivity index (χ0) is 12.2. The van der Waals surface area contributed by atoms with Crippen molar-refractivity contribution in [3.8, 4) is 0 Å².